The van der Waals surface area contributed by atoms with E-state index in [4.69, 9.17) is 15.0 Å². The van der Waals surface area contributed by atoms with Crippen LogP contribution in [0.2, 0.25) is 0 Å². The van der Waals surface area contributed by atoms with Gasteiger partial charge in [0.25, 0.3) is 0 Å². The van der Waals surface area contributed by atoms with Gasteiger partial charge in [0, 0.05) is 55.8 Å². The molecule has 0 aliphatic carbocycles. The minimum atomic E-state index is -3.12. The molecule has 0 atom stereocenters. The highest BCUT2D eigenvalue weighted by Gasteiger charge is 2.43. The molecule has 0 aliphatic rings. The largest absolute Gasteiger partial charge is 0.309 e. The van der Waals surface area contributed by atoms with E-state index in [1.165, 1.54) is 52.6 Å². The average Bonchev–Trinajstić information content (AvgIpc) is 1.62. The van der Waals surface area contributed by atoms with Gasteiger partial charge in [0.1, 0.15) is 11.5 Å². The van der Waals surface area contributed by atoms with E-state index < -0.39 is 16.1 Å². The van der Waals surface area contributed by atoms with Crippen molar-refractivity contribution in [3.05, 3.63) is 364 Å². The minimum absolute atomic E-state index is 0.553. The second-order valence-corrected chi connectivity index (χ2v) is 32.2. The quantitative estimate of drug-likeness (QED) is 0.0854. The summed E-state index contributed by atoms with van der Waals surface area (Å²) in [6.45, 7) is 0. The van der Waals surface area contributed by atoms with Crippen LogP contribution in [0.5, 0.6) is 0 Å². The summed E-state index contributed by atoms with van der Waals surface area (Å²) in [6.07, 6.45) is 1.89. The Labute approximate surface area is 552 Å². The molecule has 0 radical (unpaired) electrons. The summed E-state index contributed by atoms with van der Waals surface area (Å²) < 4.78 is 7.06. The van der Waals surface area contributed by atoms with Gasteiger partial charge in [0.15, 0.2) is 16.1 Å². The fourth-order valence-electron chi connectivity index (χ4n) is 15.6. The van der Waals surface area contributed by atoms with Crippen LogP contribution < -0.4 is 41.5 Å². The van der Waals surface area contributed by atoms with Crippen molar-refractivity contribution in [2.24, 2.45) is 0 Å². The number of para-hydroxylation sites is 3. The highest BCUT2D eigenvalue weighted by Crippen LogP contribution is 2.42. The molecule has 0 N–H and O–H groups in total. The van der Waals surface area contributed by atoms with E-state index in [2.05, 4.69) is 366 Å². The first-order valence-electron chi connectivity index (χ1n) is 32.5. The molecule has 446 valence electrons. The van der Waals surface area contributed by atoms with Gasteiger partial charge in [-0.25, -0.2) is 9.97 Å². The van der Waals surface area contributed by atoms with E-state index in [1.54, 1.807) is 0 Å². The zero-order chi connectivity index (χ0) is 62.9. The van der Waals surface area contributed by atoms with Gasteiger partial charge in [-0.3, -0.25) is 9.13 Å². The molecule has 5 heterocycles. The van der Waals surface area contributed by atoms with Crippen LogP contribution in [0, 0.1) is 0 Å². The first kappa shape index (κ1) is 55.7. The Hall–Kier alpha value is -12.1. The summed E-state index contributed by atoms with van der Waals surface area (Å²) >= 11 is 0. The van der Waals surface area contributed by atoms with Crippen molar-refractivity contribution in [1.29, 1.82) is 0 Å². The highest BCUT2D eigenvalue weighted by atomic mass is 28.3. The fourth-order valence-corrected chi connectivity index (χ4v) is 25.2. The van der Waals surface area contributed by atoms with Gasteiger partial charge in [-0.15, -0.1) is 0 Å². The second-order valence-electron chi connectivity index (χ2n) is 24.6. The van der Waals surface area contributed by atoms with Crippen LogP contribution in [0.1, 0.15) is 0 Å². The maximum Gasteiger partial charge on any atom is 0.237 e. The lowest BCUT2D eigenvalue weighted by Crippen LogP contribution is -2.74. The molecule has 0 aliphatic heterocycles. The van der Waals surface area contributed by atoms with E-state index in [0.29, 0.717) is 11.8 Å². The zero-order valence-electron chi connectivity index (χ0n) is 51.8. The average molecular weight is 1250 g/mol. The molecular weight excluding hydrogens is 1190 g/mol. The molecule has 0 saturated carbocycles. The standard InChI is InChI=1S/C87H60N6Si2/c1-7-29-61(30-8-1)62-31-25-44-70(57-62)95(68-40-15-5-16-41-68,69-42-17-6-18-43-69)71-45-26-32-63(58-71)78-60-83(92-79-51-22-20-48-74(79)76-50-28-56-88-86(76)92)90-87(89-78)93-80-52-23-19-47-73(80)75-54-55-82-84(85(75)93)77-49-21-24-53-81(77)91(82)64-33-27-46-72(59-64)94(65-34-9-2-10-35-65,66-36-11-3-12-37-66)67-38-13-4-14-39-67/h1-60H. The molecule has 95 heavy (non-hydrogen) atoms. The van der Waals surface area contributed by atoms with Crippen LogP contribution in [0.4, 0.5) is 0 Å². The predicted molar refractivity (Wildman–Crippen MR) is 401 cm³/mol. The number of nitrogens with zero attached hydrogens (tertiary/aromatic N) is 6. The Kier molecular flexibility index (Phi) is 13.5. The number of benzene rings is 13. The smallest absolute Gasteiger partial charge is 0.237 e. The van der Waals surface area contributed by atoms with E-state index in [1.807, 2.05) is 12.3 Å². The van der Waals surface area contributed by atoms with E-state index in [9.17, 15) is 0 Å². The lowest BCUT2D eigenvalue weighted by Gasteiger charge is -2.35. The van der Waals surface area contributed by atoms with Gasteiger partial charge in [-0.2, -0.15) is 4.98 Å². The lowest BCUT2D eigenvalue weighted by atomic mass is 10.1. The van der Waals surface area contributed by atoms with Gasteiger partial charge >= 0.3 is 0 Å². The van der Waals surface area contributed by atoms with Gasteiger partial charge in [-0.1, -0.05) is 303 Å². The Balaban J connectivity index is 0.910. The first-order valence-corrected chi connectivity index (χ1v) is 36.5. The molecule has 18 rings (SSSR count). The topological polar surface area (TPSA) is 53.5 Å². The molecule has 0 fully saturated rings. The van der Waals surface area contributed by atoms with E-state index in [-0.39, 0.29) is 0 Å². The second kappa shape index (κ2) is 22.9. The first-order chi connectivity index (χ1) is 47.1. The molecule has 0 unspecified atom stereocenters. The minimum Gasteiger partial charge on any atom is -0.309 e. The summed E-state index contributed by atoms with van der Waals surface area (Å²) in [5.74, 6) is 1.27. The van der Waals surface area contributed by atoms with Crippen LogP contribution in [-0.4, -0.2) is 44.8 Å². The predicted octanol–water partition coefficient (Wildman–Crippen LogP) is 15.3. The summed E-state index contributed by atoms with van der Waals surface area (Å²) in [6, 6.07) is 132. The van der Waals surface area contributed by atoms with Crippen molar-refractivity contribution in [3.8, 4) is 39.8 Å². The molecular formula is C87H60N6Si2. The van der Waals surface area contributed by atoms with Crippen LogP contribution in [-0.2, 0) is 0 Å². The Bertz CT molecular complexity index is 5720. The third kappa shape index (κ3) is 8.87. The fraction of sp³-hybridized carbons (Fsp3) is 0. The molecule has 13 aromatic carbocycles. The van der Waals surface area contributed by atoms with Gasteiger partial charge < -0.3 is 4.57 Å². The monoisotopic (exact) mass is 1240 g/mol. The number of rotatable bonds is 13. The maximum atomic E-state index is 5.92. The number of pyridine rings is 1. The maximum absolute atomic E-state index is 5.92. The van der Waals surface area contributed by atoms with Crippen molar-refractivity contribution in [1.82, 2.24) is 28.7 Å². The van der Waals surface area contributed by atoms with Crippen molar-refractivity contribution >= 4 is 123 Å². The molecule has 8 heteroatoms. The molecule has 5 aromatic heterocycles. The van der Waals surface area contributed by atoms with E-state index >= 15 is 0 Å². The summed E-state index contributed by atoms with van der Waals surface area (Å²) in [7, 11) is -6.03. The van der Waals surface area contributed by atoms with Crippen LogP contribution >= 0.6 is 0 Å². The number of hydrogen-bond acceptors (Lipinski definition) is 3. The van der Waals surface area contributed by atoms with Crippen LogP contribution in [0.3, 0.4) is 0 Å². The summed E-state index contributed by atoms with van der Waals surface area (Å²) in [4.78, 5) is 16.9. The van der Waals surface area contributed by atoms with Gasteiger partial charge in [-0.05, 0) is 101 Å². The molecule has 6 nitrogen and oxygen atoms in total. The number of fused-ring (bicyclic) bond motifs is 10. The molecule has 0 bridgehead atoms. The van der Waals surface area contributed by atoms with Crippen molar-refractivity contribution in [2.45, 2.75) is 0 Å². The van der Waals surface area contributed by atoms with Gasteiger partial charge in [0.2, 0.25) is 5.95 Å². The Morgan fingerprint density at radius 1 is 0.253 bits per heavy atom. The van der Waals surface area contributed by atoms with Crippen molar-refractivity contribution in [2.75, 3.05) is 0 Å². The SMILES string of the molecule is c1ccc(-c2cccc([Si](c3ccccc3)(c3ccccc3)c3cccc(-c4cc(-n5c6ccccc6c6cccnc65)nc(-n5c6ccccc6c6ccc7c(c8ccccc8n7-c7cccc([Si](c8ccccc8)(c8ccccc8)c8ccccc8)c7)c65)n4)c3)c2)cc1. The normalized spacial score (nSPS) is 12.0. The zero-order valence-corrected chi connectivity index (χ0v) is 53.8. The number of hydrogen-bond donors (Lipinski definition) is 0. The Morgan fingerprint density at radius 3 is 1.25 bits per heavy atom. The van der Waals surface area contributed by atoms with Gasteiger partial charge in [0.05, 0.1) is 33.3 Å². The van der Waals surface area contributed by atoms with Crippen LogP contribution in [0.25, 0.3) is 105 Å². The highest BCUT2D eigenvalue weighted by molar-refractivity contribution is 7.20. The molecule has 18 aromatic rings. The van der Waals surface area contributed by atoms with Crippen molar-refractivity contribution in [3.63, 3.8) is 0 Å². The third-order valence-electron chi connectivity index (χ3n) is 19.6. The van der Waals surface area contributed by atoms with Crippen molar-refractivity contribution < 1.29 is 0 Å². The summed E-state index contributed by atoms with van der Waals surface area (Å²) in [5.41, 5.74) is 11.3. The Morgan fingerprint density at radius 2 is 0.674 bits per heavy atom. The van der Waals surface area contributed by atoms with Crippen LogP contribution in [0.15, 0.2) is 364 Å². The summed E-state index contributed by atoms with van der Waals surface area (Å²) in [5, 5.41) is 17.0. The number of aromatic nitrogens is 6. The molecule has 0 spiro atoms. The molecule has 0 saturated heterocycles. The lowest BCUT2D eigenvalue weighted by molar-refractivity contribution is 0.948. The third-order valence-corrected chi connectivity index (χ3v) is 29.1. The van der Waals surface area contributed by atoms with E-state index in [0.717, 1.165) is 82.5 Å². The molecule has 0 amide bonds.